The van der Waals surface area contributed by atoms with Crippen molar-refractivity contribution >= 4 is 0 Å². The van der Waals surface area contributed by atoms with Crippen molar-refractivity contribution in [2.24, 2.45) is 5.41 Å². The van der Waals surface area contributed by atoms with Crippen LogP contribution in [0.4, 0.5) is 4.39 Å². The molecule has 0 unspecified atom stereocenters. The van der Waals surface area contributed by atoms with E-state index < -0.39 is 0 Å². The van der Waals surface area contributed by atoms with Gasteiger partial charge in [-0.1, -0.05) is 12.1 Å². The molecule has 0 radical (unpaired) electrons. The molecule has 1 aromatic heterocycles. The number of aliphatic hydroxyl groups excluding tert-OH is 1. The minimum Gasteiger partial charge on any atom is -0.396 e. The molecule has 1 N–H and O–H groups in total. The van der Waals surface area contributed by atoms with Crippen LogP contribution >= 0.6 is 0 Å². The summed E-state index contributed by atoms with van der Waals surface area (Å²) in [6, 6.07) is 12.5. The summed E-state index contributed by atoms with van der Waals surface area (Å²) in [5.74, 6) is -0.342. The molecule has 4 nitrogen and oxygen atoms in total. The van der Waals surface area contributed by atoms with E-state index in [2.05, 4.69) is 23.7 Å². The first-order valence-electron chi connectivity index (χ1n) is 9.36. The first kappa shape index (κ1) is 19.5. The Kier molecular flexibility index (Phi) is 5.59. The molecule has 1 fully saturated rings. The topological polar surface area (TPSA) is 60.1 Å². The zero-order valence-electron chi connectivity index (χ0n) is 16.0. The number of rotatable bonds is 6. The maximum atomic E-state index is 14.2. The summed E-state index contributed by atoms with van der Waals surface area (Å²) in [5.41, 5.74) is 1.47. The molecule has 0 spiro atoms. The molecule has 1 saturated heterocycles. The fourth-order valence-electron chi connectivity index (χ4n) is 3.93. The Labute approximate surface area is 160 Å². The molecule has 2 heterocycles. The molecule has 0 bridgehead atoms. The Hall–Kier alpha value is -2.29. The van der Waals surface area contributed by atoms with Gasteiger partial charge in [-0.3, -0.25) is 9.88 Å². The maximum absolute atomic E-state index is 14.2. The second-order valence-electron chi connectivity index (χ2n) is 8.02. The van der Waals surface area contributed by atoms with Crippen molar-refractivity contribution in [2.75, 3.05) is 19.7 Å². The Morgan fingerprint density at radius 1 is 1.33 bits per heavy atom. The smallest absolute Gasteiger partial charge is 0.127 e. The lowest BCUT2D eigenvalue weighted by Gasteiger charge is -2.37. The summed E-state index contributed by atoms with van der Waals surface area (Å²) in [4.78, 5) is 6.87. The zero-order chi connectivity index (χ0) is 19.5. The molecule has 1 atom stereocenters. The van der Waals surface area contributed by atoms with Gasteiger partial charge in [0.1, 0.15) is 5.82 Å². The molecule has 3 rings (SSSR count). The number of nitriles is 1. The first-order valence-corrected chi connectivity index (χ1v) is 9.36. The van der Waals surface area contributed by atoms with Crippen molar-refractivity contribution in [3.63, 3.8) is 0 Å². The molecule has 1 aromatic carbocycles. The van der Waals surface area contributed by atoms with Gasteiger partial charge in [0, 0.05) is 24.8 Å². The highest BCUT2D eigenvalue weighted by Crippen LogP contribution is 2.40. The molecule has 0 amide bonds. The van der Waals surface area contributed by atoms with Gasteiger partial charge in [-0.05, 0) is 69.5 Å². The molecule has 0 aliphatic carbocycles. The van der Waals surface area contributed by atoms with Crippen LogP contribution in [0.3, 0.4) is 0 Å². The van der Waals surface area contributed by atoms with Crippen LogP contribution in [0.5, 0.6) is 0 Å². The number of hydrogen-bond acceptors (Lipinski definition) is 4. The van der Waals surface area contributed by atoms with Crippen LogP contribution in [0.25, 0.3) is 0 Å². The van der Waals surface area contributed by atoms with Crippen LogP contribution in [0.15, 0.2) is 42.6 Å². The quantitative estimate of drug-likeness (QED) is 0.847. The van der Waals surface area contributed by atoms with Crippen molar-refractivity contribution < 1.29 is 9.50 Å². The molecule has 27 heavy (non-hydrogen) atoms. The third-order valence-corrected chi connectivity index (χ3v) is 5.96. The third kappa shape index (κ3) is 4.02. The van der Waals surface area contributed by atoms with E-state index in [1.807, 2.05) is 24.3 Å². The summed E-state index contributed by atoms with van der Waals surface area (Å²) in [6.45, 7) is 6.02. The molecule has 1 aliphatic heterocycles. The third-order valence-electron chi connectivity index (χ3n) is 5.96. The number of pyridine rings is 1. The van der Waals surface area contributed by atoms with Crippen LogP contribution < -0.4 is 0 Å². The van der Waals surface area contributed by atoms with Crippen molar-refractivity contribution in [2.45, 2.75) is 38.6 Å². The predicted octanol–water partition coefficient (Wildman–Crippen LogP) is 3.64. The second-order valence-corrected chi connectivity index (χ2v) is 8.02. The lowest BCUT2D eigenvalue weighted by molar-refractivity contribution is 0.0852. The summed E-state index contributed by atoms with van der Waals surface area (Å²) >= 11 is 0. The molecule has 0 saturated carbocycles. The molecular weight excluding hydrogens is 341 g/mol. The van der Waals surface area contributed by atoms with E-state index in [0.717, 1.165) is 25.2 Å². The van der Waals surface area contributed by atoms with E-state index in [9.17, 15) is 9.50 Å². The number of aliphatic hydroxyl groups is 1. The van der Waals surface area contributed by atoms with Gasteiger partial charge < -0.3 is 5.11 Å². The van der Waals surface area contributed by atoms with E-state index >= 15 is 0 Å². The highest BCUT2D eigenvalue weighted by atomic mass is 19.1. The van der Waals surface area contributed by atoms with Gasteiger partial charge in [-0.25, -0.2) is 4.39 Å². The molecule has 5 heteroatoms. The highest BCUT2D eigenvalue weighted by Gasteiger charge is 2.43. The second kappa shape index (κ2) is 7.75. The SMILES string of the molecule is CC(C)(c1ccccn1)N1CC[C@](CO)(CCc2ccc(C#N)cc2F)C1. The van der Waals surface area contributed by atoms with Gasteiger partial charge in [0.25, 0.3) is 0 Å². The van der Waals surface area contributed by atoms with Gasteiger partial charge >= 0.3 is 0 Å². The first-order chi connectivity index (χ1) is 12.9. The van der Waals surface area contributed by atoms with Crippen molar-refractivity contribution in [1.29, 1.82) is 5.26 Å². The fourth-order valence-corrected chi connectivity index (χ4v) is 3.93. The summed E-state index contributed by atoms with van der Waals surface area (Å²) in [5, 5.41) is 19.0. The Balaban J connectivity index is 1.71. The average Bonchev–Trinajstić information content (AvgIpc) is 3.13. The van der Waals surface area contributed by atoms with Gasteiger partial charge in [0.2, 0.25) is 0 Å². The average molecular weight is 367 g/mol. The van der Waals surface area contributed by atoms with Crippen LogP contribution in [-0.4, -0.2) is 34.7 Å². The largest absolute Gasteiger partial charge is 0.396 e. The minimum absolute atomic E-state index is 0.0830. The van der Waals surface area contributed by atoms with Crippen LogP contribution in [0.1, 0.15) is 43.5 Å². The molecule has 2 aromatic rings. The van der Waals surface area contributed by atoms with E-state index in [0.29, 0.717) is 24.0 Å². The molecule has 1 aliphatic rings. The van der Waals surface area contributed by atoms with Gasteiger partial charge in [-0.2, -0.15) is 5.26 Å². The van der Waals surface area contributed by atoms with Gasteiger partial charge in [-0.15, -0.1) is 0 Å². The number of aromatic nitrogens is 1. The molecule has 142 valence electrons. The number of halogens is 1. The van der Waals surface area contributed by atoms with E-state index in [-0.39, 0.29) is 23.4 Å². The van der Waals surface area contributed by atoms with Crippen LogP contribution in [0.2, 0.25) is 0 Å². The van der Waals surface area contributed by atoms with Crippen molar-refractivity contribution in [3.05, 3.63) is 65.2 Å². The van der Waals surface area contributed by atoms with E-state index in [1.165, 1.54) is 6.07 Å². The van der Waals surface area contributed by atoms with Crippen LogP contribution in [0, 0.1) is 22.6 Å². The fraction of sp³-hybridized carbons (Fsp3) is 0.455. The highest BCUT2D eigenvalue weighted by molar-refractivity contribution is 5.33. The zero-order valence-corrected chi connectivity index (χ0v) is 16.0. The molecular formula is C22H26FN3O. The summed E-state index contributed by atoms with van der Waals surface area (Å²) in [7, 11) is 0. The van der Waals surface area contributed by atoms with E-state index in [1.54, 1.807) is 18.3 Å². The standard InChI is InChI=1S/C22H26FN3O/c1-21(2,20-5-3-4-11-25-20)26-12-10-22(15-26,16-27)9-8-18-7-6-17(14-24)13-19(18)23/h3-7,11,13,27H,8-10,12,15-16H2,1-2H3/t22-/m1/s1. The lowest BCUT2D eigenvalue weighted by atomic mass is 9.81. The number of aryl methyl sites for hydroxylation is 1. The summed E-state index contributed by atoms with van der Waals surface area (Å²) in [6.07, 6.45) is 3.94. The minimum atomic E-state index is -0.342. The Morgan fingerprint density at radius 2 is 2.15 bits per heavy atom. The number of nitrogens with zero attached hydrogens (tertiary/aromatic N) is 3. The van der Waals surface area contributed by atoms with Crippen LogP contribution in [-0.2, 0) is 12.0 Å². The Morgan fingerprint density at radius 3 is 2.78 bits per heavy atom. The number of hydrogen-bond donors (Lipinski definition) is 1. The number of likely N-dealkylation sites (tertiary alicyclic amines) is 1. The van der Waals surface area contributed by atoms with Crippen molar-refractivity contribution in [3.8, 4) is 6.07 Å². The predicted molar refractivity (Wildman–Crippen MR) is 102 cm³/mol. The monoisotopic (exact) mass is 367 g/mol. The summed E-state index contributed by atoms with van der Waals surface area (Å²) < 4.78 is 14.2. The van der Waals surface area contributed by atoms with E-state index in [4.69, 9.17) is 5.26 Å². The maximum Gasteiger partial charge on any atom is 0.127 e. The van der Waals surface area contributed by atoms with Gasteiger partial charge in [0.15, 0.2) is 0 Å². The van der Waals surface area contributed by atoms with Gasteiger partial charge in [0.05, 0.1) is 22.9 Å². The normalized spacial score (nSPS) is 20.6. The Bertz CT molecular complexity index is 831. The lowest BCUT2D eigenvalue weighted by Crippen LogP contribution is -2.42. The van der Waals surface area contributed by atoms with Crippen molar-refractivity contribution in [1.82, 2.24) is 9.88 Å². The number of benzene rings is 1.